The Morgan fingerprint density at radius 2 is 1.07 bits per heavy atom. The van der Waals surface area contributed by atoms with Crippen molar-refractivity contribution >= 4 is 24.1 Å². The van der Waals surface area contributed by atoms with Crippen LogP contribution in [-0.2, 0) is 0 Å². The third-order valence-corrected chi connectivity index (χ3v) is 3.94. The monoisotopic (exact) mass is 376 g/mol. The highest BCUT2D eigenvalue weighted by Gasteiger charge is 2.01. The maximum Gasteiger partial charge on any atom is 0.273 e. The molecule has 0 aliphatic rings. The summed E-state index contributed by atoms with van der Waals surface area (Å²) in [7, 11) is 0. The zero-order valence-corrected chi connectivity index (χ0v) is 15.5. The van der Waals surface area contributed by atoms with Crippen LogP contribution in [0.1, 0.15) is 22.3 Å². The number of benzene rings is 1. The largest absolute Gasteiger partial charge is 0.384 e. The first kappa shape index (κ1) is 18.8. The number of pyridine rings is 2. The van der Waals surface area contributed by atoms with Crippen molar-refractivity contribution in [2.24, 2.45) is 10.2 Å². The second-order valence-electron chi connectivity index (χ2n) is 6.37. The average Bonchev–Trinajstić information content (AvgIpc) is 2.61. The highest BCUT2D eigenvalue weighted by molar-refractivity contribution is 5.84. The summed E-state index contributed by atoms with van der Waals surface area (Å²) in [6.45, 7) is 3.59. The minimum atomic E-state index is -0.293. The van der Waals surface area contributed by atoms with E-state index in [4.69, 9.17) is 11.5 Å². The zero-order chi connectivity index (χ0) is 20.3. The summed E-state index contributed by atoms with van der Waals surface area (Å²) in [6, 6.07) is 13.5. The first-order valence-electron chi connectivity index (χ1n) is 8.50. The van der Waals surface area contributed by atoms with Crippen molar-refractivity contribution in [2.75, 3.05) is 11.5 Å². The SMILES string of the molecule is Cc1cc(N)n(/N=C\c2ccc(/C=N\n3c(N)cc(C)cc3=O)cc2)c(=O)c1. The highest BCUT2D eigenvalue weighted by atomic mass is 16.1. The minimum absolute atomic E-state index is 0.270. The van der Waals surface area contributed by atoms with Crippen molar-refractivity contribution in [1.29, 1.82) is 0 Å². The van der Waals surface area contributed by atoms with Crippen molar-refractivity contribution in [3.8, 4) is 0 Å². The van der Waals surface area contributed by atoms with Crippen molar-refractivity contribution < 1.29 is 0 Å². The first-order chi connectivity index (χ1) is 13.3. The molecule has 0 saturated carbocycles. The Kier molecular flexibility index (Phi) is 5.21. The third-order valence-electron chi connectivity index (χ3n) is 3.94. The Hall–Kier alpha value is -3.94. The van der Waals surface area contributed by atoms with Crippen LogP contribution in [-0.4, -0.2) is 21.8 Å². The lowest BCUT2D eigenvalue weighted by Crippen LogP contribution is -2.19. The molecule has 0 saturated heterocycles. The smallest absolute Gasteiger partial charge is 0.273 e. The molecule has 0 bridgehead atoms. The number of nitrogen functional groups attached to an aromatic ring is 2. The van der Waals surface area contributed by atoms with Gasteiger partial charge in [0.25, 0.3) is 11.1 Å². The fraction of sp³-hybridized carbons (Fsp3) is 0.100. The fourth-order valence-electron chi connectivity index (χ4n) is 2.60. The lowest BCUT2D eigenvalue weighted by molar-refractivity contribution is 0.843. The number of hydrogen-bond donors (Lipinski definition) is 2. The highest BCUT2D eigenvalue weighted by Crippen LogP contribution is 2.05. The van der Waals surface area contributed by atoms with Crippen molar-refractivity contribution in [3.05, 3.63) is 91.5 Å². The van der Waals surface area contributed by atoms with Crippen LogP contribution in [0.5, 0.6) is 0 Å². The van der Waals surface area contributed by atoms with Gasteiger partial charge in [0.15, 0.2) is 0 Å². The van der Waals surface area contributed by atoms with E-state index >= 15 is 0 Å². The number of nitrogens with two attached hydrogens (primary N) is 2. The Morgan fingerprint density at radius 1 is 0.714 bits per heavy atom. The van der Waals surface area contributed by atoms with Gasteiger partial charge in [-0.3, -0.25) is 9.59 Å². The van der Waals surface area contributed by atoms with Gasteiger partial charge in [-0.05, 0) is 48.2 Å². The van der Waals surface area contributed by atoms with E-state index in [2.05, 4.69) is 10.2 Å². The van der Waals surface area contributed by atoms with Crippen molar-refractivity contribution in [1.82, 2.24) is 9.35 Å². The number of anilines is 2. The predicted molar refractivity (Wildman–Crippen MR) is 112 cm³/mol. The van der Waals surface area contributed by atoms with Crippen molar-refractivity contribution in [3.63, 3.8) is 0 Å². The Labute approximate surface area is 161 Å². The molecule has 0 atom stereocenters. The van der Waals surface area contributed by atoms with E-state index in [0.29, 0.717) is 0 Å². The molecule has 0 radical (unpaired) electrons. The van der Waals surface area contributed by atoms with Gasteiger partial charge in [0.05, 0.1) is 12.4 Å². The van der Waals surface area contributed by atoms with E-state index in [1.165, 1.54) is 24.6 Å². The Bertz CT molecular complexity index is 1090. The summed E-state index contributed by atoms with van der Waals surface area (Å²) < 4.78 is 2.27. The van der Waals surface area contributed by atoms with Gasteiger partial charge in [-0.25, -0.2) is 0 Å². The van der Waals surface area contributed by atoms with Gasteiger partial charge in [0, 0.05) is 12.1 Å². The van der Waals surface area contributed by atoms with E-state index < -0.39 is 0 Å². The lowest BCUT2D eigenvalue weighted by Gasteiger charge is -2.04. The van der Waals surface area contributed by atoms with Crippen LogP contribution in [0.25, 0.3) is 0 Å². The summed E-state index contributed by atoms with van der Waals surface area (Å²) in [6.07, 6.45) is 3.08. The standard InChI is InChI=1S/C20H20N6O2/c1-13-7-17(21)25(19(27)9-13)23-11-15-3-5-16(6-4-15)12-24-26-18(22)8-14(2)10-20(26)28/h3-12H,21-22H2,1-2H3/b23-11-,24-12-. The second kappa shape index (κ2) is 7.75. The van der Waals surface area contributed by atoms with E-state index in [9.17, 15) is 9.59 Å². The molecule has 28 heavy (non-hydrogen) atoms. The molecule has 0 unspecified atom stereocenters. The molecule has 3 aromatic rings. The average molecular weight is 376 g/mol. The van der Waals surface area contributed by atoms with Gasteiger partial charge in [-0.1, -0.05) is 24.3 Å². The molecule has 0 aliphatic heterocycles. The maximum atomic E-state index is 11.9. The molecule has 142 valence electrons. The van der Waals surface area contributed by atoms with E-state index in [0.717, 1.165) is 31.6 Å². The van der Waals surface area contributed by atoms with Crippen LogP contribution in [0, 0.1) is 13.8 Å². The molecule has 0 aliphatic carbocycles. The van der Waals surface area contributed by atoms with Crippen LogP contribution < -0.4 is 22.6 Å². The second-order valence-corrected chi connectivity index (χ2v) is 6.37. The molecule has 0 amide bonds. The molecule has 3 rings (SSSR count). The summed E-state index contributed by atoms with van der Waals surface area (Å²) >= 11 is 0. The van der Waals surface area contributed by atoms with Gasteiger partial charge in [-0.15, -0.1) is 0 Å². The number of aromatic nitrogens is 2. The molecule has 2 heterocycles. The third kappa shape index (κ3) is 4.24. The van der Waals surface area contributed by atoms with E-state index in [-0.39, 0.29) is 22.8 Å². The number of rotatable bonds is 4. The normalized spacial score (nSPS) is 11.5. The molecule has 2 aromatic heterocycles. The Morgan fingerprint density at radius 3 is 1.39 bits per heavy atom. The van der Waals surface area contributed by atoms with Gasteiger partial charge >= 0.3 is 0 Å². The van der Waals surface area contributed by atoms with Crippen LogP contribution in [0.15, 0.2) is 68.3 Å². The first-order valence-corrected chi connectivity index (χ1v) is 8.50. The van der Waals surface area contributed by atoms with Crippen LogP contribution >= 0.6 is 0 Å². The lowest BCUT2D eigenvalue weighted by atomic mass is 10.2. The van der Waals surface area contributed by atoms with Crippen LogP contribution in [0.3, 0.4) is 0 Å². The van der Waals surface area contributed by atoms with Gasteiger partial charge < -0.3 is 11.5 Å². The van der Waals surface area contributed by atoms with E-state index in [1.54, 1.807) is 26.0 Å². The topological polar surface area (TPSA) is 121 Å². The summed E-state index contributed by atoms with van der Waals surface area (Å²) in [5.74, 6) is 0.539. The number of aryl methyl sites for hydroxylation is 2. The molecular formula is C20H20N6O2. The summed E-state index contributed by atoms with van der Waals surface area (Å²) in [5, 5.41) is 8.26. The number of nitrogens with zero attached hydrogens (tertiary/aromatic N) is 4. The fourth-order valence-corrected chi connectivity index (χ4v) is 2.60. The van der Waals surface area contributed by atoms with Crippen LogP contribution in [0.2, 0.25) is 0 Å². The van der Waals surface area contributed by atoms with E-state index in [1.807, 2.05) is 24.3 Å². The minimum Gasteiger partial charge on any atom is -0.384 e. The summed E-state index contributed by atoms with van der Waals surface area (Å²) in [4.78, 5) is 23.9. The molecule has 0 fully saturated rings. The Balaban J connectivity index is 1.79. The quantitative estimate of drug-likeness (QED) is 0.671. The molecule has 8 nitrogen and oxygen atoms in total. The zero-order valence-electron chi connectivity index (χ0n) is 15.5. The predicted octanol–water partition coefficient (Wildman–Crippen LogP) is 1.56. The molecule has 1 aromatic carbocycles. The van der Waals surface area contributed by atoms with Crippen LogP contribution in [0.4, 0.5) is 11.6 Å². The van der Waals surface area contributed by atoms with Crippen molar-refractivity contribution in [2.45, 2.75) is 13.8 Å². The molecule has 4 N–H and O–H groups in total. The maximum absolute atomic E-state index is 11.9. The number of hydrogen-bond acceptors (Lipinski definition) is 6. The van der Waals surface area contributed by atoms with Gasteiger partial charge in [-0.2, -0.15) is 19.6 Å². The van der Waals surface area contributed by atoms with Gasteiger partial charge in [0.2, 0.25) is 0 Å². The summed E-state index contributed by atoms with van der Waals surface area (Å²) in [5.41, 5.74) is 14.2. The molecular weight excluding hydrogens is 356 g/mol. The van der Waals surface area contributed by atoms with Gasteiger partial charge in [0.1, 0.15) is 11.6 Å². The molecule has 0 spiro atoms. The molecule has 8 heteroatoms.